The van der Waals surface area contributed by atoms with Gasteiger partial charge in [0.2, 0.25) is 0 Å². The van der Waals surface area contributed by atoms with Gasteiger partial charge in [0.1, 0.15) is 18.1 Å². The van der Waals surface area contributed by atoms with Crippen LogP contribution in [0.15, 0.2) is 0 Å². The molecular weight excluding hydrogens is 158 g/mol. The summed E-state index contributed by atoms with van der Waals surface area (Å²) in [5.41, 5.74) is 0. The third-order valence-corrected chi connectivity index (χ3v) is 1.43. The molecule has 1 rings (SSSR count). The van der Waals surface area contributed by atoms with Crippen LogP contribution >= 0.6 is 0 Å². The number of hydrogen-bond acceptors (Lipinski definition) is 4. The Labute approximate surface area is 70.1 Å². The highest BCUT2D eigenvalue weighted by atomic mass is 16.5. The summed E-state index contributed by atoms with van der Waals surface area (Å²) in [6.45, 7) is 1.95. The summed E-state index contributed by atoms with van der Waals surface area (Å²) in [5.74, 6) is 0.960. The maximum absolute atomic E-state index is 10.8. The lowest BCUT2D eigenvalue weighted by Crippen LogP contribution is -2.05. The molecule has 0 aliphatic carbocycles. The molecule has 0 bridgehead atoms. The van der Waals surface area contributed by atoms with Gasteiger partial charge in [-0.2, -0.15) is 5.10 Å². The number of aryl methyl sites for hydroxylation is 1. The second-order valence-electron chi connectivity index (χ2n) is 2.30. The highest BCUT2D eigenvalue weighted by Crippen LogP contribution is 1.95. The van der Waals surface area contributed by atoms with Gasteiger partial charge < -0.3 is 4.74 Å². The van der Waals surface area contributed by atoms with Crippen LogP contribution in [0, 0.1) is 0 Å². The van der Waals surface area contributed by atoms with Crippen LogP contribution in [0.5, 0.6) is 0 Å². The maximum atomic E-state index is 10.8. The zero-order chi connectivity index (χ0) is 8.97. The van der Waals surface area contributed by atoms with Gasteiger partial charge in [-0.05, 0) is 0 Å². The Hall–Kier alpha value is -1.39. The molecule has 5 heteroatoms. The normalized spacial score (nSPS) is 9.83. The Kier molecular flexibility index (Phi) is 2.79. The lowest BCUT2D eigenvalue weighted by Gasteiger charge is -1.92. The molecule has 1 heterocycles. The summed E-state index contributed by atoms with van der Waals surface area (Å²) < 4.78 is 4.47. The van der Waals surface area contributed by atoms with Crippen LogP contribution in [0.2, 0.25) is 0 Å². The SMILES string of the molecule is CCc1n[nH]c(CC(=O)OC)n1. The fraction of sp³-hybridized carbons (Fsp3) is 0.571. The molecule has 0 unspecified atom stereocenters. The second-order valence-corrected chi connectivity index (χ2v) is 2.30. The summed E-state index contributed by atoms with van der Waals surface area (Å²) in [4.78, 5) is 14.8. The molecule has 0 saturated carbocycles. The molecule has 0 amide bonds. The molecule has 1 aromatic heterocycles. The first kappa shape index (κ1) is 8.70. The van der Waals surface area contributed by atoms with Crippen molar-refractivity contribution < 1.29 is 9.53 Å². The number of rotatable bonds is 3. The topological polar surface area (TPSA) is 67.9 Å². The Morgan fingerprint density at radius 1 is 1.67 bits per heavy atom. The van der Waals surface area contributed by atoms with Gasteiger partial charge >= 0.3 is 5.97 Å². The number of ether oxygens (including phenoxy) is 1. The van der Waals surface area contributed by atoms with E-state index in [0.717, 1.165) is 6.42 Å². The first-order valence-corrected chi connectivity index (χ1v) is 3.73. The molecule has 5 nitrogen and oxygen atoms in total. The molecule has 1 aromatic rings. The Bertz CT molecular complexity index is 269. The maximum Gasteiger partial charge on any atom is 0.313 e. The average molecular weight is 169 g/mol. The van der Waals surface area contributed by atoms with Crippen LogP contribution in [0.1, 0.15) is 18.6 Å². The van der Waals surface area contributed by atoms with Crippen molar-refractivity contribution in [2.75, 3.05) is 7.11 Å². The van der Waals surface area contributed by atoms with Gasteiger partial charge in [0.15, 0.2) is 0 Å². The van der Waals surface area contributed by atoms with Crippen molar-refractivity contribution in [1.82, 2.24) is 15.2 Å². The summed E-state index contributed by atoms with van der Waals surface area (Å²) in [7, 11) is 1.35. The van der Waals surface area contributed by atoms with Crippen LogP contribution in [-0.4, -0.2) is 28.3 Å². The number of carbonyl (C=O) groups excluding carboxylic acids is 1. The molecule has 0 radical (unpaired) electrons. The van der Waals surface area contributed by atoms with Crippen LogP contribution < -0.4 is 0 Å². The van der Waals surface area contributed by atoms with Crippen molar-refractivity contribution in [3.63, 3.8) is 0 Å². The van der Waals surface area contributed by atoms with Crippen molar-refractivity contribution in [3.05, 3.63) is 11.6 Å². The van der Waals surface area contributed by atoms with Crippen LogP contribution in [0.4, 0.5) is 0 Å². The first-order valence-electron chi connectivity index (χ1n) is 3.73. The molecule has 0 saturated heterocycles. The van der Waals surface area contributed by atoms with E-state index >= 15 is 0 Å². The van der Waals surface area contributed by atoms with Crippen LogP contribution in [-0.2, 0) is 22.4 Å². The number of aromatic amines is 1. The van der Waals surface area contributed by atoms with E-state index in [2.05, 4.69) is 19.9 Å². The fourth-order valence-corrected chi connectivity index (χ4v) is 0.781. The van der Waals surface area contributed by atoms with Gasteiger partial charge in [0, 0.05) is 6.42 Å². The Balaban J connectivity index is 2.58. The third kappa shape index (κ3) is 2.05. The van der Waals surface area contributed by atoms with Gasteiger partial charge in [-0.15, -0.1) is 0 Å². The summed E-state index contributed by atoms with van der Waals surface area (Å²) in [6, 6.07) is 0. The first-order chi connectivity index (χ1) is 5.76. The van der Waals surface area contributed by atoms with Crippen molar-refractivity contribution in [1.29, 1.82) is 0 Å². The van der Waals surface area contributed by atoms with Crippen molar-refractivity contribution in [2.24, 2.45) is 0 Å². The van der Waals surface area contributed by atoms with Gasteiger partial charge in [-0.1, -0.05) is 6.92 Å². The van der Waals surface area contributed by atoms with E-state index in [-0.39, 0.29) is 12.4 Å². The minimum Gasteiger partial charge on any atom is -0.469 e. The molecule has 0 aliphatic heterocycles. The molecule has 0 aromatic carbocycles. The highest BCUT2D eigenvalue weighted by molar-refractivity contribution is 5.71. The van der Waals surface area contributed by atoms with Crippen molar-refractivity contribution in [2.45, 2.75) is 19.8 Å². The standard InChI is InChI=1S/C7H11N3O2/c1-3-5-8-6(10-9-5)4-7(11)12-2/h3-4H2,1-2H3,(H,8,9,10). The molecule has 1 N–H and O–H groups in total. The van der Waals surface area contributed by atoms with E-state index in [1.807, 2.05) is 6.92 Å². The molecular formula is C7H11N3O2. The smallest absolute Gasteiger partial charge is 0.313 e. The average Bonchev–Trinajstić information content (AvgIpc) is 2.52. The molecule has 0 fully saturated rings. The highest BCUT2D eigenvalue weighted by Gasteiger charge is 2.06. The van der Waals surface area contributed by atoms with E-state index in [9.17, 15) is 4.79 Å². The van der Waals surface area contributed by atoms with E-state index in [0.29, 0.717) is 11.6 Å². The third-order valence-electron chi connectivity index (χ3n) is 1.43. The van der Waals surface area contributed by atoms with Crippen molar-refractivity contribution in [3.8, 4) is 0 Å². The zero-order valence-electron chi connectivity index (χ0n) is 7.13. The predicted octanol–water partition coefficient (Wildman–Crippen LogP) is 0.0826. The number of esters is 1. The van der Waals surface area contributed by atoms with Crippen LogP contribution in [0.25, 0.3) is 0 Å². The predicted molar refractivity (Wildman–Crippen MR) is 41.5 cm³/mol. The van der Waals surface area contributed by atoms with Gasteiger partial charge in [0.25, 0.3) is 0 Å². The minimum absolute atomic E-state index is 0.156. The molecule has 12 heavy (non-hydrogen) atoms. The Morgan fingerprint density at radius 2 is 2.42 bits per heavy atom. The van der Waals surface area contributed by atoms with Gasteiger partial charge in [-0.3, -0.25) is 9.89 Å². The number of aromatic nitrogens is 3. The monoisotopic (exact) mass is 169 g/mol. The number of hydrogen-bond donors (Lipinski definition) is 1. The zero-order valence-corrected chi connectivity index (χ0v) is 7.13. The fourth-order valence-electron chi connectivity index (χ4n) is 0.781. The van der Waals surface area contributed by atoms with E-state index in [1.165, 1.54) is 7.11 Å². The number of nitrogens with one attached hydrogen (secondary N) is 1. The van der Waals surface area contributed by atoms with E-state index in [1.54, 1.807) is 0 Å². The van der Waals surface area contributed by atoms with Gasteiger partial charge in [-0.25, -0.2) is 4.98 Å². The molecule has 0 spiro atoms. The second kappa shape index (κ2) is 3.85. The lowest BCUT2D eigenvalue weighted by atomic mass is 10.4. The number of nitrogens with zero attached hydrogens (tertiary/aromatic N) is 2. The largest absolute Gasteiger partial charge is 0.469 e. The number of methoxy groups -OCH3 is 1. The quantitative estimate of drug-likeness (QED) is 0.651. The Morgan fingerprint density at radius 3 is 2.92 bits per heavy atom. The lowest BCUT2D eigenvalue weighted by molar-refractivity contribution is -0.139. The molecule has 0 aliphatic rings. The number of H-pyrrole nitrogens is 1. The van der Waals surface area contributed by atoms with Crippen LogP contribution in [0.3, 0.4) is 0 Å². The number of carbonyl (C=O) groups is 1. The molecule has 66 valence electrons. The summed E-state index contributed by atoms with van der Waals surface area (Å²) in [6.07, 6.45) is 0.918. The summed E-state index contributed by atoms with van der Waals surface area (Å²) >= 11 is 0. The molecule has 0 atom stereocenters. The van der Waals surface area contributed by atoms with Gasteiger partial charge in [0.05, 0.1) is 7.11 Å². The van der Waals surface area contributed by atoms with Crippen molar-refractivity contribution >= 4 is 5.97 Å². The minimum atomic E-state index is -0.311. The van der Waals surface area contributed by atoms with E-state index < -0.39 is 0 Å². The van der Waals surface area contributed by atoms with E-state index in [4.69, 9.17) is 0 Å². The summed E-state index contributed by atoms with van der Waals surface area (Å²) in [5, 5.41) is 6.54.